The van der Waals surface area contributed by atoms with Crippen LogP contribution in [0.15, 0.2) is 10.6 Å². The number of anilines is 1. The van der Waals surface area contributed by atoms with Gasteiger partial charge < -0.3 is 4.52 Å². The molecule has 0 unspecified atom stereocenters. The van der Waals surface area contributed by atoms with Crippen molar-refractivity contribution in [1.82, 2.24) is 5.16 Å². The Morgan fingerprint density at radius 2 is 2.05 bits per heavy atom. The molecule has 21 heavy (non-hydrogen) atoms. The predicted molar refractivity (Wildman–Crippen MR) is 87.7 cm³/mol. The lowest BCUT2D eigenvalue weighted by molar-refractivity contribution is -0.117. The van der Waals surface area contributed by atoms with Crippen LogP contribution in [0.4, 0.5) is 5.88 Å². The minimum absolute atomic E-state index is 0.0246. The second-order valence-electron chi connectivity index (χ2n) is 7.40. The number of amides is 1. The van der Waals surface area contributed by atoms with Gasteiger partial charge in [-0.2, -0.15) is 0 Å². The largest absolute Gasteiger partial charge is 0.338 e. The lowest BCUT2D eigenvalue weighted by atomic mass is 9.87. The molecule has 0 spiro atoms. The predicted octanol–water partition coefficient (Wildman–Crippen LogP) is 4.22. The number of hydrogen-bond acceptors (Lipinski definition) is 4. The highest BCUT2D eigenvalue weighted by atomic mass is 32.2. The molecule has 1 aromatic rings. The molecule has 1 N–H and O–H groups in total. The third-order valence-electron chi connectivity index (χ3n) is 3.97. The van der Waals surface area contributed by atoms with Gasteiger partial charge in [0.25, 0.3) is 0 Å². The zero-order valence-electron chi connectivity index (χ0n) is 13.7. The van der Waals surface area contributed by atoms with E-state index >= 15 is 0 Å². The maximum Gasteiger partial charge on any atom is 0.242 e. The molecule has 0 saturated heterocycles. The Kier molecular flexibility index (Phi) is 4.71. The number of hydrogen-bond donors (Lipinski definition) is 1. The highest BCUT2D eigenvalue weighted by Gasteiger charge is 2.31. The first-order chi connectivity index (χ1) is 9.68. The molecule has 1 fully saturated rings. The minimum atomic E-state index is -0.454. The van der Waals surface area contributed by atoms with E-state index in [4.69, 9.17) is 4.52 Å². The van der Waals surface area contributed by atoms with Gasteiger partial charge in [0, 0.05) is 11.5 Å². The zero-order valence-corrected chi connectivity index (χ0v) is 14.5. The summed E-state index contributed by atoms with van der Waals surface area (Å²) in [6, 6.07) is 1.81. The van der Waals surface area contributed by atoms with Gasteiger partial charge in [0.2, 0.25) is 11.8 Å². The van der Waals surface area contributed by atoms with E-state index in [1.165, 1.54) is 19.3 Å². The van der Waals surface area contributed by atoms with Crippen molar-refractivity contribution in [2.75, 3.05) is 11.1 Å². The van der Waals surface area contributed by atoms with Crippen molar-refractivity contribution in [3.63, 3.8) is 0 Å². The number of carbonyl (C=O) groups is 1. The summed E-state index contributed by atoms with van der Waals surface area (Å²) in [5, 5.41) is 6.87. The molecule has 0 atom stereocenters. The molecule has 1 aliphatic rings. The average Bonchev–Trinajstić information content (AvgIpc) is 2.74. The molecule has 5 heteroatoms. The van der Waals surface area contributed by atoms with Crippen LogP contribution in [0.5, 0.6) is 0 Å². The molecule has 118 valence electrons. The van der Waals surface area contributed by atoms with E-state index in [0.29, 0.717) is 5.88 Å². The standard InChI is InChI=1S/C16H26N2O2S/c1-15(2,3)12-9-13(20-18-12)17-14(19)16(4,5)21-10-11-7-6-8-11/h9,11H,6-8,10H2,1-5H3,(H,17,19). The maximum absolute atomic E-state index is 12.4. The lowest BCUT2D eigenvalue weighted by Crippen LogP contribution is -2.35. The van der Waals surface area contributed by atoms with Crippen LogP contribution in [0.1, 0.15) is 59.6 Å². The summed E-state index contributed by atoms with van der Waals surface area (Å²) in [6.45, 7) is 10.1. The highest BCUT2D eigenvalue weighted by molar-refractivity contribution is 8.01. The summed E-state index contributed by atoms with van der Waals surface area (Å²) < 4.78 is 4.77. The number of nitrogens with zero attached hydrogens (tertiary/aromatic N) is 1. The summed E-state index contributed by atoms with van der Waals surface area (Å²) in [5.74, 6) is 2.26. The fraction of sp³-hybridized carbons (Fsp3) is 0.750. The van der Waals surface area contributed by atoms with E-state index in [1.54, 1.807) is 11.8 Å². The molecular formula is C16H26N2O2S. The Hall–Kier alpha value is -0.970. The molecule has 0 radical (unpaired) electrons. The summed E-state index contributed by atoms with van der Waals surface area (Å²) in [6.07, 6.45) is 3.95. The summed E-state index contributed by atoms with van der Waals surface area (Å²) in [5.41, 5.74) is 0.763. The normalized spacial score (nSPS) is 16.6. The molecule has 0 aliphatic heterocycles. The number of aromatic nitrogens is 1. The van der Waals surface area contributed by atoms with Gasteiger partial charge in [-0.1, -0.05) is 32.3 Å². The molecule has 0 aromatic carbocycles. The van der Waals surface area contributed by atoms with Crippen LogP contribution in [0.25, 0.3) is 0 Å². The molecule has 2 rings (SSSR count). The van der Waals surface area contributed by atoms with Crippen molar-refractivity contribution in [3.05, 3.63) is 11.8 Å². The molecule has 1 aliphatic carbocycles. The van der Waals surface area contributed by atoms with Crippen LogP contribution < -0.4 is 5.32 Å². The number of nitrogens with one attached hydrogen (secondary N) is 1. The van der Waals surface area contributed by atoms with Crippen molar-refractivity contribution in [2.24, 2.45) is 5.92 Å². The lowest BCUT2D eigenvalue weighted by Gasteiger charge is -2.29. The molecule has 4 nitrogen and oxygen atoms in total. The van der Waals surface area contributed by atoms with Crippen molar-refractivity contribution in [3.8, 4) is 0 Å². The third-order valence-corrected chi connectivity index (χ3v) is 5.51. The van der Waals surface area contributed by atoms with Crippen molar-refractivity contribution in [2.45, 2.75) is 64.0 Å². The van der Waals surface area contributed by atoms with Gasteiger partial charge in [-0.3, -0.25) is 10.1 Å². The number of thioether (sulfide) groups is 1. The smallest absolute Gasteiger partial charge is 0.242 e. The Labute approximate surface area is 131 Å². The quantitative estimate of drug-likeness (QED) is 0.884. The monoisotopic (exact) mass is 310 g/mol. The van der Waals surface area contributed by atoms with Gasteiger partial charge >= 0.3 is 0 Å². The minimum Gasteiger partial charge on any atom is -0.338 e. The average molecular weight is 310 g/mol. The molecule has 1 amide bonds. The van der Waals surface area contributed by atoms with Crippen LogP contribution in [0.2, 0.25) is 0 Å². The van der Waals surface area contributed by atoms with Crippen molar-refractivity contribution >= 4 is 23.6 Å². The first kappa shape index (κ1) is 16.4. The summed E-state index contributed by atoms with van der Waals surface area (Å²) >= 11 is 1.73. The SMILES string of the molecule is CC(C)(SCC1CCC1)C(=O)Nc1cc(C(C)(C)C)no1. The van der Waals surface area contributed by atoms with Gasteiger partial charge in [0.05, 0.1) is 10.4 Å². The van der Waals surface area contributed by atoms with Crippen molar-refractivity contribution in [1.29, 1.82) is 0 Å². The highest BCUT2D eigenvalue weighted by Crippen LogP contribution is 2.35. The summed E-state index contributed by atoms with van der Waals surface area (Å²) in [4.78, 5) is 12.4. The van der Waals surface area contributed by atoms with E-state index in [9.17, 15) is 4.79 Å². The van der Waals surface area contributed by atoms with Crippen molar-refractivity contribution < 1.29 is 9.32 Å². The molecular weight excluding hydrogens is 284 g/mol. The summed E-state index contributed by atoms with van der Waals surface area (Å²) in [7, 11) is 0. The molecule has 0 bridgehead atoms. The van der Waals surface area contributed by atoms with Crippen LogP contribution in [-0.2, 0) is 10.2 Å². The van der Waals surface area contributed by atoms with Crippen LogP contribution >= 0.6 is 11.8 Å². The molecule has 1 saturated carbocycles. The fourth-order valence-electron chi connectivity index (χ4n) is 2.00. The topological polar surface area (TPSA) is 55.1 Å². The first-order valence-electron chi connectivity index (χ1n) is 7.61. The van der Waals surface area contributed by atoms with Crippen LogP contribution in [-0.4, -0.2) is 21.6 Å². The van der Waals surface area contributed by atoms with E-state index in [1.807, 2.05) is 19.9 Å². The van der Waals surface area contributed by atoms with Gasteiger partial charge in [0.15, 0.2) is 0 Å². The second-order valence-corrected chi connectivity index (χ2v) is 9.04. The number of carbonyl (C=O) groups excluding carboxylic acids is 1. The number of rotatable bonds is 5. The van der Waals surface area contributed by atoms with Gasteiger partial charge in [-0.15, -0.1) is 11.8 Å². The van der Waals surface area contributed by atoms with E-state index in [-0.39, 0.29) is 11.3 Å². The van der Waals surface area contributed by atoms with E-state index in [0.717, 1.165) is 17.4 Å². The van der Waals surface area contributed by atoms with Crippen LogP contribution in [0, 0.1) is 5.92 Å². The third kappa shape index (κ3) is 4.25. The first-order valence-corrected chi connectivity index (χ1v) is 8.59. The van der Waals surface area contributed by atoms with Gasteiger partial charge in [0.1, 0.15) is 0 Å². The van der Waals surface area contributed by atoms with E-state index in [2.05, 4.69) is 31.2 Å². The van der Waals surface area contributed by atoms with Gasteiger partial charge in [-0.05, 0) is 38.4 Å². The Morgan fingerprint density at radius 1 is 1.38 bits per heavy atom. The Balaban J connectivity index is 1.91. The maximum atomic E-state index is 12.4. The van der Waals surface area contributed by atoms with Gasteiger partial charge in [-0.25, -0.2) is 0 Å². The Bertz CT molecular complexity index is 499. The van der Waals surface area contributed by atoms with Crippen LogP contribution in [0.3, 0.4) is 0 Å². The second kappa shape index (κ2) is 6.03. The molecule has 1 aromatic heterocycles. The Morgan fingerprint density at radius 3 is 2.52 bits per heavy atom. The zero-order chi connectivity index (χ0) is 15.7. The molecule has 1 heterocycles. The van der Waals surface area contributed by atoms with E-state index < -0.39 is 4.75 Å². The fourth-order valence-corrected chi connectivity index (χ4v) is 3.17.